The number of carboxylic acids is 1. The highest BCUT2D eigenvalue weighted by molar-refractivity contribution is 6.09. The number of rotatable bonds is 4. The molecule has 1 aliphatic heterocycles. The summed E-state index contributed by atoms with van der Waals surface area (Å²) in [6.07, 6.45) is 0.528. The van der Waals surface area contributed by atoms with Gasteiger partial charge < -0.3 is 10.0 Å². The first kappa shape index (κ1) is 12.4. The van der Waals surface area contributed by atoms with E-state index in [1.807, 2.05) is 19.1 Å². The van der Waals surface area contributed by atoms with Crippen molar-refractivity contribution < 1.29 is 14.7 Å². The standard InChI is InChI=1S/C14H15NO3/c1-3-10(8-13(16)17)15-9(2)11-6-4-5-7-12(11)14(15)18/h4-7,10H,2-3,8H2,1H3,(H,16,17). The van der Waals surface area contributed by atoms with Crippen LogP contribution < -0.4 is 0 Å². The van der Waals surface area contributed by atoms with E-state index in [1.54, 1.807) is 12.1 Å². The number of carboxylic acid groups (broad SMARTS) is 1. The summed E-state index contributed by atoms with van der Waals surface area (Å²) >= 11 is 0. The highest BCUT2D eigenvalue weighted by Gasteiger charge is 2.35. The Kier molecular flexibility index (Phi) is 3.19. The number of fused-ring (bicyclic) bond motifs is 1. The molecule has 4 nitrogen and oxygen atoms in total. The second kappa shape index (κ2) is 4.64. The number of amides is 1. The first-order chi connectivity index (χ1) is 8.56. The number of nitrogens with zero attached hydrogens (tertiary/aromatic N) is 1. The van der Waals surface area contributed by atoms with E-state index >= 15 is 0 Å². The van der Waals surface area contributed by atoms with Gasteiger partial charge in [0.25, 0.3) is 5.91 Å². The highest BCUT2D eigenvalue weighted by Crippen LogP contribution is 2.34. The van der Waals surface area contributed by atoms with E-state index in [-0.39, 0.29) is 18.4 Å². The third-order valence-electron chi connectivity index (χ3n) is 3.22. The molecule has 1 atom stereocenters. The molecule has 94 valence electrons. The van der Waals surface area contributed by atoms with Gasteiger partial charge >= 0.3 is 5.97 Å². The van der Waals surface area contributed by atoms with E-state index in [4.69, 9.17) is 5.11 Å². The van der Waals surface area contributed by atoms with Crippen LogP contribution in [0.2, 0.25) is 0 Å². The molecule has 0 saturated carbocycles. The molecule has 0 aliphatic carbocycles. The van der Waals surface area contributed by atoms with Gasteiger partial charge in [-0.3, -0.25) is 9.59 Å². The van der Waals surface area contributed by atoms with Crippen LogP contribution in [-0.2, 0) is 4.79 Å². The summed E-state index contributed by atoms with van der Waals surface area (Å²) in [6, 6.07) is 6.89. The fourth-order valence-corrected chi connectivity index (χ4v) is 2.31. The number of carbonyl (C=O) groups excluding carboxylic acids is 1. The van der Waals surface area contributed by atoms with E-state index in [9.17, 15) is 9.59 Å². The van der Waals surface area contributed by atoms with Crippen molar-refractivity contribution in [2.24, 2.45) is 0 Å². The molecule has 0 aromatic heterocycles. The Balaban J connectivity index is 2.35. The maximum absolute atomic E-state index is 12.3. The molecule has 1 aromatic carbocycles. The molecule has 1 aliphatic rings. The molecule has 2 rings (SSSR count). The van der Waals surface area contributed by atoms with Crippen molar-refractivity contribution in [3.63, 3.8) is 0 Å². The molecular weight excluding hydrogens is 230 g/mol. The third-order valence-corrected chi connectivity index (χ3v) is 3.22. The zero-order chi connectivity index (χ0) is 13.3. The summed E-state index contributed by atoms with van der Waals surface area (Å²) in [5, 5.41) is 8.90. The van der Waals surface area contributed by atoms with Crippen molar-refractivity contribution in [3.8, 4) is 0 Å². The van der Waals surface area contributed by atoms with Gasteiger partial charge in [-0.1, -0.05) is 31.7 Å². The van der Waals surface area contributed by atoms with Gasteiger partial charge in [0.15, 0.2) is 0 Å². The molecule has 1 aromatic rings. The summed E-state index contributed by atoms with van der Waals surface area (Å²) < 4.78 is 0. The average molecular weight is 245 g/mol. The fourth-order valence-electron chi connectivity index (χ4n) is 2.31. The van der Waals surface area contributed by atoms with Crippen molar-refractivity contribution in [3.05, 3.63) is 42.0 Å². The lowest BCUT2D eigenvalue weighted by Gasteiger charge is -2.26. The molecule has 18 heavy (non-hydrogen) atoms. The van der Waals surface area contributed by atoms with Gasteiger partial charge in [0, 0.05) is 22.9 Å². The smallest absolute Gasteiger partial charge is 0.305 e. The zero-order valence-corrected chi connectivity index (χ0v) is 10.2. The van der Waals surface area contributed by atoms with Crippen molar-refractivity contribution in [1.82, 2.24) is 4.90 Å². The van der Waals surface area contributed by atoms with E-state index in [1.165, 1.54) is 4.90 Å². The van der Waals surface area contributed by atoms with E-state index in [0.29, 0.717) is 17.7 Å². The Morgan fingerprint density at radius 3 is 2.50 bits per heavy atom. The Morgan fingerprint density at radius 2 is 2.00 bits per heavy atom. The number of carbonyl (C=O) groups is 2. The minimum Gasteiger partial charge on any atom is -0.481 e. The number of benzene rings is 1. The van der Waals surface area contributed by atoms with Gasteiger partial charge in [0.05, 0.1) is 6.42 Å². The van der Waals surface area contributed by atoms with Gasteiger partial charge in [-0.2, -0.15) is 0 Å². The summed E-state index contributed by atoms with van der Waals surface area (Å²) in [6.45, 7) is 5.79. The van der Waals surface area contributed by atoms with E-state index < -0.39 is 5.97 Å². The van der Waals surface area contributed by atoms with Gasteiger partial charge in [-0.05, 0) is 12.5 Å². The van der Waals surface area contributed by atoms with Crippen LogP contribution in [-0.4, -0.2) is 27.9 Å². The van der Waals surface area contributed by atoms with E-state index in [0.717, 1.165) is 5.56 Å². The van der Waals surface area contributed by atoms with Crippen LogP contribution in [0.25, 0.3) is 5.70 Å². The summed E-state index contributed by atoms with van der Waals surface area (Å²) in [5.74, 6) is -1.05. The van der Waals surface area contributed by atoms with Gasteiger partial charge in [0.1, 0.15) is 0 Å². The van der Waals surface area contributed by atoms with Crippen LogP contribution in [0.1, 0.15) is 35.7 Å². The van der Waals surface area contributed by atoms with Gasteiger partial charge in [-0.15, -0.1) is 0 Å². The van der Waals surface area contributed by atoms with Crippen molar-refractivity contribution in [2.45, 2.75) is 25.8 Å². The van der Waals surface area contributed by atoms with Crippen molar-refractivity contribution in [2.75, 3.05) is 0 Å². The lowest BCUT2D eigenvalue weighted by molar-refractivity contribution is -0.137. The Hall–Kier alpha value is -2.10. The number of hydrogen-bond donors (Lipinski definition) is 1. The molecule has 0 saturated heterocycles. The van der Waals surface area contributed by atoms with Crippen molar-refractivity contribution >= 4 is 17.6 Å². The minimum absolute atomic E-state index is 0.0603. The maximum atomic E-state index is 12.3. The zero-order valence-electron chi connectivity index (χ0n) is 10.2. The Morgan fingerprint density at radius 1 is 1.39 bits per heavy atom. The maximum Gasteiger partial charge on any atom is 0.305 e. The SMILES string of the molecule is C=C1c2ccccc2C(=O)N1C(CC)CC(=O)O. The largest absolute Gasteiger partial charge is 0.481 e. The molecular formula is C14H15NO3. The second-order valence-electron chi connectivity index (χ2n) is 4.33. The summed E-state index contributed by atoms with van der Waals surface area (Å²) in [7, 11) is 0. The summed E-state index contributed by atoms with van der Waals surface area (Å²) in [5.41, 5.74) is 2.00. The van der Waals surface area contributed by atoms with Crippen LogP contribution >= 0.6 is 0 Å². The van der Waals surface area contributed by atoms with Crippen LogP contribution in [0.4, 0.5) is 0 Å². The fraction of sp³-hybridized carbons (Fsp3) is 0.286. The van der Waals surface area contributed by atoms with Crippen LogP contribution in [0, 0.1) is 0 Å². The first-order valence-corrected chi connectivity index (χ1v) is 5.90. The number of aliphatic carboxylic acids is 1. The molecule has 1 N–H and O–H groups in total. The second-order valence-corrected chi connectivity index (χ2v) is 4.33. The molecule has 1 unspecified atom stereocenters. The van der Waals surface area contributed by atoms with Crippen LogP contribution in [0.5, 0.6) is 0 Å². The molecule has 0 fully saturated rings. The molecule has 0 radical (unpaired) electrons. The molecule has 1 heterocycles. The first-order valence-electron chi connectivity index (χ1n) is 5.90. The third kappa shape index (κ3) is 1.90. The van der Waals surface area contributed by atoms with Crippen molar-refractivity contribution in [1.29, 1.82) is 0 Å². The lowest BCUT2D eigenvalue weighted by atomic mass is 10.1. The topological polar surface area (TPSA) is 57.6 Å². The van der Waals surface area contributed by atoms with Gasteiger partial charge in [-0.25, -0.2) is 0 Å². The Bertz CT molecular complexity index is 487. The predicted molar refractivity (Wildman–Crippen MR) is 68.0 cm³/mol. The number of hydrogen-bond acceptors (Lipinski definition) is 2. The minimum atomic E-state index is -0.904. The van der Waals surface area contributed by atoms with Crippen LogP contribution in [0.3, 0.4) is 0 Å². The van der Waals surface area contributed by atoms with E-state index in [2.05, 4.69) is 6.58 Å². The lowest BCUT2D eigenvalue weighted by Crippen LogP contribution is -2.35. The molecule has 4 heteroatoms. The van der Waals surface area contributed by atoms with Crippen LogP contribution in [0.15, 0.2) is 30.8 Å². The predicted octanol–water partition coefficient (Wildman–Crippen LogP) is 2.37. The van der Waals surface area contributed by atoms with Gasteiger partial charge in [0.2, 0.25) is 0 Å². The highest BCUT2D eigenvalue weighted by atomic mass is 16.4. The average Bonchev–Trinajstić information content (AvgIpc) is 2.60. The summed E-state index contributed by atoms with van der Waals surface area (Å²) in [4.78, 5) is 24.6. The normalized spacial score (nSPS) is 15.7. The molecule has 1 amide bonds. The Labute approximate surface area is 106 Å². The molecule has 0 bridgehead atoms. The quantitative estimate of drug-likeness (QED) is 0.885. The monoisotopic (exact) mass is 245 g/mol. The molecule has 0 spiro atoms.